The summed E-state index contributed by atoms with van der Waals surface area (Å²) < 4.78 is 18.4. The standard InChI is InChI=1S/C16H21FN2O2/c1-3-8-18-9-11-19(12-10-18)16(20)13(2)21-15-6-4-14(17)5-7-15/h3-7,13H,1,8-12H2,2H3. The minimum absolute atomic E-state index is 0.0300. The molecule has 21 heavy (non-hydrogen) atoms. The van der Waals surface area contributed by atoms with Crippen LogP contribution >= 0.6 is 0 Å². The maximum absolute atomic E-state index is 12.8. The Morgan fingerprint density at radius 3 is 2.52 bits per heavy atom. The van der Waals surface area contributed by atoms with Crippen molar-refractivity contribution in [1.29, 1.82) is 0 Å². The summed E-state index contributed by atoms with van der Waals surface area (Å²) >= 11 is 0. The van der Waals surface area contributed by atoms with Gasteiger partial charge in [0.15, 0.2) is 6.10 Å². The second kappa shape index (κ2) is 7.22. The number of piperazine rings is 1. The van der Waals surface area contributed by atoms with Crippen LogP contribution in [-0.2, 0) is 4.79 Å². The van der Waals surface area contributed by atoms with Gasteiger partial charge in [-0.15, -0.1) is 6.58 Å². The lowest BCUT2D eigenvalue weighted by Gasteiger charge is -2.35. The minimum Gasteiger partial charge on any atom is -0.481 e. The minimum atomic E-state index is -0.568. The molecule has 0 saturated carbocycles. The lowest BCUT2D eigenvalue weighted by Crippen LogP contribution is -2.51. The molecule has 0 aliphatic carbocycles. The van der Waals surface area contributed by atoms with E-state index in [1.54, 1.807) is 6.92 Å². The van der Waals surface area contributed by atoms with Crippen molar-refractivity contribution in [2.75, 3.05) is 32.7 Å². The van der Waals surface area contributed by atoms with Crippen LogP contribution in [0.25, 0.3) is 0 Å². The molecule has 1 amide bonds. The van der Waals surface area contributed by atoms with E-state index in [0.717, 1.165) is 19.6 Å². The molecular weight excluding hydrogens is 271 g/mol. The molecule has 5 heteroatoms. The van der Waals surface area contributed by atoms with Gasteiger partial charge in [0.25, 0.3) is 5.91 Å². The van der Waals surface area contributed by atoms with Gasteiger partial charge in [-0.3, -0.25) is 9.69 Å². The highest BCUT2D eigenvalue weighted by molar-refractivity contribution is 5.81. The van der Waals surface area contributed by atoms with Crippen molar-refractivity contribution in [3.63, 3.8) is 0 Å². The zero-order valence-electron chi connectivity index (χ0n) is 12.3. The SMILES string of the molecule is C=CCN1CCN(C(=O)C(C)Oc2ccc(F)cc2)CC1. The Morgan fingerprint density at radius 1 is 1.33 bits per heavy atom. The maximum atomic E-state index is 12.8. The number of hydrogen-bond donors (Lipinski definition) is 0. The molecule has 0 N–H and O–H groups in total. The first-order valence-corrected chi connectivity index (χ1v) is 7.14. The molecule has 1 aliphatic rings. The molecule has 1 atom stereocenters. The Balaban J connectivity index is 1.85. The number of ether oxygens (including phenoxy) is 1. The third-order valence-corrected chi connectivity index (χ3v) is 3.55. The molecule has 1 saturated heterocycles. The summed E-state index contributed by atoms with van der Waals surface area (Å²) in [4.78, 5) is 16.4. The largest absolute Gasteiger partial charge is 0.481 e. The van der Waals surface area contributed by atoms with Crippen molar-refractivity contribution in [2.45, 2.75) is 13.0 Å². The van der Waals surface area contributed by atoms with Crippen molar-refractivity contribution >= 4 is 5.91 Å². The molecule has 1 unspecified atom stereocenters. The monoisotopic (exact) mass is 292 g/mol. The number of hydrogen-bond acceptors (Lipinski definition) is 3. The number of carbonyl (C=O) groups excluding carboxylic acids is 1. The van der Waals surface area contributed by atoms with Gasteiger partial charge >= 0.3 is 0 Å². The van der Waals surface area contributed by atoms with Gasteiger partial charge in [0.05, 0.1) is 0 Å². The van der Waals surface area contributed by atoms with Crippen LogP contribution in [0.5, 0.6) is 5.75 Å². The lowest BCUT2D eigenvalue weighted by molar-refractivity contribution is -0.139. The van der Waals surface area contributed by atoms with E-state index >= 15 is 0 Å². The molecule has 1 heterocycles. The fraction of sp³-hybridized carbons (Fsp3) is 0.438. The third kappa shape index (κ3) is 4.29. The van der Waals surface area contributed by atoms with E-state index in [0.29, 0.717) is 18.8 Å². The molecule has 0 spiro atoms. The Morgan fingerprint density at radius 2 is 1.95 bits per heavy atom. The van der Waals surface area contributed by atoms with Crippen LogP contribution in [0.15, 0.2) is 36.9 Å². The number of rotatable bonds is 5. The average Bonchev–Trinajstić information content (AvgIpc) is 2.50. The third-order valence-electron chi connectivity index (χ3n) is 3.55. The summed E-state index contributed by atoms with van der Waals surface area (Å²) in [5.74, 6) is 0.153. The first-order valence-electron chi connectivity index (χ1n) is 7.14. The van der Waals surface area contributed by atoms with Crippen molar-refractivity contribution in [2.24, 2.45) is 0 Å². The van der Waals surface area contributed by atoms with Crippen LogP contribution < -0.4 is 4.74 Å². The number of carbonyl (C=O) groups is 1. The summed E-state index contributed by atoms with van der Waals surface area (Å²) in [5, 5.41) is 0. The van der Waals surface area contributed by atoms with Crippen LogP contribution in [0.1, 0.15) is 6.92 Å². The summed E-state index contributed by atoms with van der Waals surface area (Å²) in [6.07, 6.45) is 1.30. The van der Waals surface area contributed by atoms with Gasteiger partial charge in [-0.25, -0.2) is 4.39 Å². The maximum Gasteiger partial charge on any atom is 0.263 e. The summed E-state index contributed by atoms with van der Waals surface area (Å²) in [5.41, 5.74) is 0. The number of amides is 1. The summed E-state index contributed by atoms with van der Waals surface area (Å²) in [7, 11) is 0. The van der Waals surface area contributed by atoms with E-state index in [1.807, 2.05) is 11.0 Å². The zero-order valence-corrected chi connectivity index (χ0v) is 12.3. The van der Waals surface area contributed by atoms with Gasteiger partial charge in [-0.1, -0.05) is 6.08 Å². The molecule has 0 bridgehead atoms. The highest BCUT2D eigenvalue weighted by atomic mass is 19.1. The first kappa shape index (κ1) is 15.5. The van der Waals surface area contributed by atoms with E-state index in [1.165, 1.54) is 24.3 Å². The Labute approximate surface area is 124 Å². The quantitative estimate of drug-likeness (QED) is 0.777. The Bertz CT molecular complexity index is 482. The Hall–Kier alpha value is -1.88. The van der Waals surface area contributed by atoms with Gasteiger partial charge in [0.1, 0.15) is 11.6 Å². The highest BCUT2D eigenvalue weighted by Crippen LogP contribution is 2.14. The number of nitrogens with zero attached hydrogens (tertiary/aromatic N) is 2. The van der Waals surface area contributed by atoms with E-state index in [-0.39, 0.29) is 11.7 Å². The fourth-order valence-electron chi connectivity index (χ4n) is 2.36. The average molecular weight is 292 g/mol. The summed E-state index contributed by atoms with van der Waals surface area (Å²) in [6.45, 7) is 9.39. The molecule has 0 aromatic heterocycles. The first-order chi connectivity index (χ1) is 10.1. The van der Waals surface area contributed by atoms with Crippen molar-refractivity contribution in [1.82, 2.24) is 9.80 Å². The van der Waals surface area contributed by atoms with Crippen molar-refractivity contribution < 1.29 is 13.9 Å². The molecule has 0 radical (unpaired) electrons. The molecule has 114 valence electrons. The molecular formula is C16H21FN2O2. The Kier molecular flexibility index (Phi) is 5.33. The summed E-state index contributed by atoms with van der Waals surface area (Å²) in [6, 6.07) is 5.70. The van der Waals surface area contributed by atoms with Gasteiger partial charge in [-0.2, -0.15) is 0 Å². The second-order valence-corrected chi connectivity index (χ2v) is 5.13. The van der Waals surface area contributed by atoms with Crippen LogP contribution in [-0.4, -0.2) is 54.5 Å². The van der Waals surface area contributed by atoms with E-state index in [2.05, 4.69) is 11.5 Å². The van der Waals surface area contributed by atoms with Crippen molar-refractivity contribution in [3.05, 3.63) is 42.7 Å². The van der Waals surface area contributed by atoms with Gasteiger partial charge in [0, 0.05) is 32.7 Å². The molecule has 2 rings (SSSR count). The molecule has 4 nitrogen and oxygen atoms in total. The van der Waals surface area contributed by atoms with E-state index in [4.69, 9.17) is 4.74 Å². The van der Waals surface area contributed by atoms with Crippen LogP contribution in [0, 0.1) is 5.82 Å². The topological polar surface area (TPSA) is 32.8 Å². The van der Waals surface area contributed by atoms with E-state index < -0.39 is 6.10 Å². The predicted molar refractivity (Wildman–Crippen MR) is 79.7 cm³/mol. The molecule has 1 aliphatic heterocycles. The number of halogens is 1. The van der Waals surface area contributed by atoms with Gasteiger partial charge in [0.2, 0.25) is 0 Å². The van der Waals surface area contributed by atoms with Gasteiger partial charge in [-0.05, 0) is 31.2 Å². The predicted octanol–water partition coefficient (Wildman–Crippen LogP) is 1.92. The highest BCUT2D eigenvalue weighted by Gasteiger charge is 2.25. The van der Waals surface area contributed by atoms with Crippen molar-refractivity contribution in [3.8, 4) is 5.75 Å². The fourth-order valence-corrected chi connectivity index (χ4v) is 2.36. The molecule has 1 fully saturated rings. The molecule has 1 aromatic carbocycles. The van der Waals surface area contributed by atoms with E-state index in [9.17, 15) is 9.18 Å². The smallest absolute Gasteiger partial charge is 0.263 e. The van der Waals surface area contributed by atoms with Crippen LogP contribution in [0.3, 0.4) is 0 Å². The zero-order chi connectivity index (χ0) is 15.2. The van der Waals surface area contributed by atoms with Gasteiger partial charge < -0.3 is 9.64 Å². The molecule has 1 aromatic rings. The lowest BCUT2D eigenvalue weighted by atomic mass is 10.2. The van der Waals surface area contributed by atoms with Crippen LogP contribution in [0.2, 0.25) is 0 Å². The second-order valence-electron chi connectivity index (χ2n) is 5.13. The van der Waals surface area contributed by atoms with Crippen LogP contribution in [0.4, 0.5) is 4.39 Å². The number of benzene rings is 1. The normalized spacial score (nSPS) is 17.3.